The van der Waals surface area contributed by atoms with Gasteiger partial charge in [-0.3, -0.25) is 14.9 Å². The van der Waals surface area contributed by atoms with Crippen molar-refractivity contribution >= 4 is 17.3 Å². The molecule has 0 unspecified atom stereocenters. The van der Waals surface area contributed by atoms with Gasteiger partial charge in [-0.2, -0.15) is 0 Å². The second-order valence-electron chi connectivity index (χ2n) is 4.53. The average Bonchev–Trinajstić information content (AvgIpc) is 2.39. The summed E-state index contributed by atoms with van der Waals surface area (Å²) in [7, 11) is 0. The molecule has 0 saturated carbocycles. The summed E-state index contributed by atoms with van der Waals surface area (Å²) in [5.74, 6) is 0.170. The molecular weight excluding hydrogens is 260 g/mol. The largest absolute Gasteiger partial charge is 0.491 e. The summed E-state index contributed by atoms with van der Waals surface area (Å²) < 4.78 is 5.58. The molecule has 0 bridgehead atoms. The Bertz CT molecular complexity index is 474. The predicted octanol–water partition coefficient (Wildman–Crippen LogP) is 3.51. The number of anilines is 1. The maximum absolute atomic E-state index is 11.1. The minimum Gasteiger partial charge on any atom is -0.491 e. The first-order valence-electron chi connectivity index (χ1n) is 6.73. The van der Waals surface area contributed by atoms with Gasteiger partial charge in [-0.15, -0.1) is 0 Å². The summed E-state index contributed by atoms with van der Waals surface area (Å²) in [6.07, 6.45) is 4.31. The molecule has 0 aromatic heterocycles. The molecule has 6 heteroatoms. The molecule has 0 aliphatic heterocycles. The second kappa shape index (κ2) is 8.14. The predicted molar refractivity (Wildman–Crippen MR) is 77.0 cm³/mol. The lowest BCUT2D eigenvalue weighted by molar-refractivity contribution is -0.384. The minimum atomic E-state index is -0.504. The maximum Gasteiger partial charge on any atom is 0.271 e. The lowest BCUT2D eigenvalue weighted by atomic mass is 10.2. The zero-order valence-corrected chi connectivity index (χ0v) is 11.8. The van der Waals surface area contributed by atoms with Crippen LogP contribution < -0.4 is 10.1 Å². The quantitative estimate of drug-likeness (QED) is 0.449. The van der Waals surface area contributed by atoms with Crippen LogP contribution in [0.1, 0.15) is 39.5 Å². The normalized spacial score (nSPS) is 10.1. The average molecular weight is 280 g/mol. The topological polar surface area (TPSA) is 81.5 Å². The van der Waals surface area contributed by atoms with E-state index < -0.39 is 4.92 Å². The van der Waals surface area contributed by atoms with Crippen molar-refractivity contribution in [1.29, 1.82) is 0 Å². The van der Waals surface area contributed by atoms with Crippen molar-refractivity contribution in [3.8, 4) is 5.75 Å². The van der Waals surface area contributed by atoms with Crippen molar-refractivity contribution < 1.29 is 14.5 Å². The Balaban J connectivity index is 2.72. The van der Waals surface area contributed by atoms with Crippen LogP contribution in [0.3, 0.4) is 0 Å². The first-order chi connectivity index (χ1) is 9.54. The van der Waals surface area contributed by atoms with Gasteiger partial charge in [-0.25, -0.2) is 0 Å². The molecule has 1 N–H and O–H groups in total. The number of nitro groups is 1. The number of hydrogen-bond donors (Lipinski definition) is 1. The van der Waals surface area contributed by atoms with E-state index in [4.69, 9.17) is 4.74 Å². The van der Waals surface area contributed by atoms with Gasteiger partial charge < -0.3 is 10.1 Å². The number of non-ortho nitro benzene ring substituents is 1. The minimum absolute atomic E-state index is 0.0768. The number of benzene rings is 1. The maximum atomic E-state index is 11.1. The Morgan fingerprint density at radius 1 is 1.35 bits per heavy atom. The zero-order valence-electron chi connectivity index (χ0n) is 11.8. The molecule has 1 aromatic rings. The highest BCUT2D eigenvalue weighted by Crippen LogP contribution is 2.29. The summed E-state index contributed by atoms with van der Waals surface area (Å²) in [5.41, 5.74) is 0.259. The van der Waals surface area contributed by atoms with Crippen molar-refractivity contribution in [3.63, 3.8) is 0 Å². The Kier molecular flexibility index (Phi) is 6.49. The number of amides is 1. The van der Waals surface area contributed by atoms with E-state index in [0.717, 1.165) is 25.7 Å². The van der Waals surface area contributed by atoms with Gasteiger partial charge in [0, 0.05) is 19.1 Å². The van der Waals surface area contributed by atoms with E-state index in [-0.39, 0.29) is 11.6 Å². The lowest BCUT2D eigenvalue weighted by Gasteiger charge is -2.11. The standard InChI is InChI=1S/C14H20N2O4/c1-3-4-5-6-9-20-14-8-7-12(16(18)19)10-13(14)15-11(2)17/h7-8,10H,3-6,9H2,1-2H3,(H,15,17). The van der Waals surface area contributed by atoms with E-state index >= 15 is 0 Å². The number of ether oxygens (including phenoxy) is 1. The van der Waals surface area contributed by atoms with Crippen LogP contribution in [0.5, 0.6) is 5.75 Å². The Morgan fingerprint density at radius 3 is 2.70 bits per heavy atom. The molecule has 6 nitrogen and oxygen atoms in total. The van der Waals surface area contributed by atoms with Gasteiger partial charge >= 0.3 is 0 Å². The third kappa shape index (κ3) is 5.26. The van der Waals surface area contributed by atoms with Crippen LogP contribution in [0.15, 0.2) is 18.2 Å². The molecule has 1 amide bonds. The number of carbonyl (C=O) groups excluding carboxylic acids is 1. The van der Waals surface area contributed by atoms with E-state index in [0.29, 0.717) is 18.0 Å². The lowest BCUT2D eigenvalue weighted by Crippen LogP contribution is -2.09. The SMILES string of the molecule is CCCCCCOc1ccc([N+](=O)[O-])cc1NC(C)=O. The number of nitrogens with zero attached hydrogens (tertiary/aromatic N) is 1. The van der Waals surface area contributed by atoms with Crippen LogP contribution in [0.25, 0.3) is 0 Å². The smallest absolute Gasteiger partial charge is 0.271 e. The Labute approximate surface area is 118 Å². The zero-order chi connectivity index (χ0) is 15.0. The monoisotopic (exact) mass is 280 g/mol. The molecule has 0 aliphatic rings. The number of nitrogens with one attached hydrogen (secondary N) is 1. The van der Waals surface area contributed by atoms with Crippen molar-refractivity contribution in [2.24, 2.45) is 0 Å². The van der Waals surface area contributed by atoms with Crippen LogP contribution in [-0.2, 0) is 4.79 Å². The van der Waals surface area contributed by atoms with Gasteiger partial charge in [0.05, 0.1) is 17.2 Å². The van der Waals surface area contributed by atoms with Crippen LogP contribution in [0.2, 0.25) is 0 Å². The molecular formula is C14H20N2O4. The van der Waals surface area contributed by atoms with E-state index in [9.17, 15) is 14.9 Å². The van der Waals surface area contributed by atoms with Crippen molar-refractivity contribution in [2.45, 2.75) is 39.5 Å². The highest BCUT2D eigenvalue weighted by atomic mass is 16.6. The van der Waals surface area contributed by atoms with E-state index in [1.54, 1.807) is 0 Å². The molecule has 0 heterocycles. The fraction of sp³-hybridized carbons (Fsp3) is 0.500. The first kappa shape index (κ1) is 15.9. The molecule has 0 saturated heterocycles. The third-order valence-corrected chi connectivity index (χ3v) is 2.74. The van der Waals surface area contributed by atoms with Gasteiger partial charge in [0.2, 0.25) is 5.91 Å². The molecule has 0 atom stereocenters. The highest BCUT2D eigenvalue weighted by molar-refractivity contribution is 5.90. The number of carbonyl (C=O) groups is 1. The molecule has 1 rings (SSSR count). The van der Waals surface area contributed by atoms with Gasteiger partial charge in [-0.05, 0) is 12.5 Å². The van der Waals surface area contributed by atoms with Crippen molar-refractivity contribution in [3.05, 3.63) is 28.3 Å². The summed E-state index contributed by atoms with van der Waals surface area (Å²) in [6, 6.07) is 4.19. The summed E-state index contributed by atoms with van der Waals surface area (Å²) >= 11 is 0. The third-order valence-electron chi connectivity index (χ3n) is 2.74. The Morgan fingerprint density at radius 2 is 2.10 bits per heavy atom. The first-order valence-corrected chi connectivity index (χ1v) is 6.73. The molecule has 0 aliphatic carbocycles. The van der Waals surface area contributed by atoms with Gasteiger partial charge in [0.15, 0.2) is 0 Å². The number of unbranched alkanes of at least 4 members (excludes halogenated alkanes) is 3. The summed E-state index contributed by atoms with van der Waals surface area (Å²) in [6.45, 7) is 4.01. The molecule has 0 spiro atoms. The highest BCUT2D eigenvalue weighted by Gasteiger charge is 2.12. The van der Waals surface area contributed by atoms with Crippen molar-refractivity contribution in [2.75, 3.05) is 11.9 Å². The summed E-state index contributed by atoms with van der Waals surface area (Å²) in [4.78, 5) is 21.4. The summed E-state index contributed by atoms with van der Waals surface area (Å²) in [5, 5.41) is 13.3. The van der Waals surface area contributed by atoms with Crippen molar-refractivity contribution in [1.82, 2.24) is 0 Å². The molecule has 110 valence electrons. The number of nitro benzene ring substituents is 1. The Hall–Kier alpha value is -2.11. The fourth-order valence-electron chi connectivity index (χ4n) is 1.76. The second-order valence-corrected chi connectivity index (χ2v) is 4.53. The van der Waals surface area contributed by atoms with Crippen LogP contribution in [-0.4, -0.2) is 17.4 Å². The van der Waals surface area contributed by atoms with E-state index in [2.05, 4.69) is 12.2 Å². The molecule has 0 fully saturated rings. The van der Waals surface area contributed by atoms with Crippen LogP contribution >= 0.6 is 0 Å². The van der Waals surface area contributed by atoms with Crippen LogP contribution in [0.4, 0.5) is 11.4 Å². The van der Waals surface area contributed by atoms with Gasteiger partial charge in [0.25, 0.3) is 5.69 Å². The molecule has 1 aromatic carbocycles. The molecule has 0 radical (unpaired) electrons. The number of rotatable bonds is 8. The van der Waals surface area contributed by atoms with Crippen LogP contribution in [0, 0.1) is 10.1 Å². The number of hydrogen-bond acceptors (Lipinski definition) is 4. The van der Waals surface area contributed by atoms with Gasteiger partial charge in [0.1, 0.15) is 5.75 Å². The van der Waals surface area contributed by atoms with Gasteiger partial charge in [-0.1, -0.05) is 26.2 Å². The molecule has 20 heavy (non-hydrogen) atoms. The van der Waals surface area contributed by atoms with E-state index in [1.807, 2.05) is 0 Å². The fourth-order valence-corrected chi connectivity index (χ4v) is 1.76. The van der Waals surface area contributed by atoms with E-state index in [1.165, 1.54) is 25.1 Å².